The molecule has 4 aromatic carbocycles. The number of carbonyl (C=O) groups is 1. The van der Waals surface area contributed by atoms with Gasteiger partial charge < -0.3 is 149 Å². The molecule has 26 rings (SSSR count). The fourth-order valence-electron chi connectivity index (χ4n) is 12.7. The Morgan fingerprint density at radius 1 is 0.356 bits per heavy atom. The number of aliphatic hydroxyl groups excluding tert-OH is 17. The predicted molar refractivity (Wildman–Crippen MR) is 285 cm³/mol. The Morgan fingerprint density at radius 3 is 1.00 bits per heavy atom. The lowest BCUT2D eigenvalue weighted by Crippen LogP contribution is -2.69. The average molecular weight is 1240 g/mol. The van der Waals surface area contributed by atoms with E-state index in [9.17, 15) is 91.6 Å². The van der Waals surface area contributed by atoms with Crippen molar-refractivity contribution in [1.82, 2.24) is 5.32 Å². The van der Waals surface area contributed by atoms with E-state index in [1.54, 1.807) is 0 Å². The predicted octanol–water partition coefficient (Wildman–Crippen LogP) is -8.01. The second-order valence-electron chi connectivity index (χ2n) is 22.9. The zero-order chi connectivity index (χ0) is 61.9. The van der Waals surface area contributed by atoms with Gasteiger partial charge in [0, 0.05) is 13.0 Å². The maximum atomic E-state index is 13.8. The topological polar surface area (TPSA) is 484 Å². The van der Waals surface area contributed by atoms with Gasteiger partial charge in [-0.05, 0) is 50.7 Å². The summed E-state index contributed by atoms with van der Waals surface area (Å²) in [6.07, 6.45) is -58.6. The summed E-state index contributed by atoms with van der Waals surface area (Å²) in [7, 11) is 0. The Balaban J connectivity index is 0.861. The van der Waals surface area contributed by atoms with E-state index in [2.05, 4.69) is 23.5 Å². The second-order valence-corrected chi connectivity index (χ2v) is 22.9. The van der Waals surface area contributed by atoms with E-state index in [-0.39, 0.29) is 6.42 Å². The third kappa shape index (κ3) is 12.4. The molecule has 0 spiro atoms. The first-order chi connectivity index (χ1) is 41.8. The highest BCUT2D eigenvalue weighted by Gasteiger charge is 2.59. The number of aliphatic hydroxyl groups is 17. The molecule has 0 saturated carbocycles. The van der Waals surface area contributed by atoms with Crippen molar-refractivity contribution >= 4 is 38.2 Å². The van der Waals surface area contributed by atoms with Crippen LogP contribution in [0.15, 0.2) is 54.6 Å². The molecular weight excluding hydrogens is 1170 g/mol. The monoisotopic (exact) mass is 1240 g/mol. The summed E-state index contributed by atoms with van der Waals surface area (Å²) in [5.41, 5.74) is 1.00. The molecule has 30 atom stereocenters. The molecule has 0 aromatic heterocycles. The molecule has 0 aliphatic carbocycles. The molecule has 22 fully saturated rings. The third-order valence-corrected chi connectivity index (χ3v) is 17.4. The molecule has 22 heterocycles. The van der Waals surface area contributed by atoms with Crippen LogP contribution in [0, 0.1) is 0 Å². The molecule has 31 nitrogen and oxygen atoms in total. The van der Waals surface area contributed by atoms with Crippen LogP contribution >= 0.6 is 0 Å². The summed E-state index contributed by atoms with van der Waals surface area (Å²) < 4.78 is 70.2. The molecule has 22 aliphatic rings. The number of ether oxygens (including phenoxy) is 12. The number of benzene rings is 4. The Labute approximate surface area is 494 Å². The van der Waals surface area contributed by atoms with Crippen molar-refractivity contribution in [1.29, 1.82) is 0 Å². The lowest BCUT2D eigenvalue weighted by molar-refractivity contribution is -0.403. The highest BCUT2D eigenvalue weighted by Crippen LogP contribution is 2.40. The van der Waals surface area contributed by atoms with E-state index in [4.69, 9.17) is 56.8 Å². The molecule has 18 N–H and O–H groups in total. The van der Waals surface area contributed by atoms with Crippen molar-refractivity contribution in [2.75, 3.05) is 39.6 Å². The quantitative estimate of drug-likeness (QED) is 0.0620. The van der Waals surface area contributed by atoms with E-state index >= 15 is 0 Å². The molecule has 484 valence electrons. The van der Waals surface area contributed by atoms with E-state index in [0.29, 0.717) is 12.8 Å². The van der Waals surface area contributed by atoms with Gasteiger partial charge in [-0.1, -0.05) is 54.6 Å². The molecule has 22 aliphatic heterocycles. The van der Waals surface area contributed by atoms with E-state index in [0.717, 1.165) is 37.9 Å². The highest BCUT2D eigenvalue weighted by atomic mass is 16.8. The summed E-state index contributed by atoms with van der Waals surface area (Å²) in [4.78, 5) is 13.8. The minimum atomic E-state index is -2.20. The maximum absolute atomic E-state index is 13.8. The number of hydrogen-bond donors (Lipinski definition) is 18. The van der Waals surface area contributed by atoms with E-state index in [1.165, 1.54) is 0 Å². The number of hydrogen-bond acceptors (Lipinski definition) is 30. The Hall–Kier alpha value is -3.77. The second kappa shape index (κ2) is 27.2. The summed E-state index contributed by atoms with van der Waals surface area (Å²) in [5, 5.41) is 200. The molecule has 22 saturated heterocycles. The van der Waals surface area contributed by atoms with Crippen LogP contribution in [0.5, 0.6) is 0 Å². The number of amides is 1. The van der Waals surface area contributed by atoms with Crippen LogP contribution in [0.3, 0.4) is 0 Å². The average Bonchev–Trinajstić information content (AvgIpc) is 0.969. The first-order valence-corrected chi connectivity index (χ1v) is 28.8. The van der Waals surface area contributed by atoms with Gasteiger partial charge in [-0.3, -0.25) is 4.79 Å². The zero-order valence-electron chi connectivity index (χ0n) is 46.3. The number of carbonyl (C=O) groups excluding carboxylic acids is 1. The van der Waals surface area contributed by atoms with Gasteiger partial charge in [-0.2, -0.15) is 0 Å². The molecular formula is C56H75NO30. The normalized spacial score (nSPS) is 45.0. The third-order valence-electron chi connectivity index (χ3n) is 17.4. The van der Waals surface area contributed by atoms with Gasteiger partial charge in [0.25, 0.3) is 0 Å². The Morgan fingerprint density at radius 2 is 0.655 bits per heavy atom. The first-order valence-electron chi connectivity index (χ1n) is 28.8. The van der Waals surface area contributed by atoms with Gasteiger partial charge in [-0.25, -0.2) is 0 Å². The summed E-state index contributed by atoms with van der Waals surface area (Å²) in [6.45, 7) is -5.63. The minimum Gasteiger partial charge on any atom is -0.394 e. The highest BCUT2D eigenvalue weighted by molar-refractivity contribution is 6.23. The van der Waals surface area contributed by atoms with Crippen molar-refractivity contribution in [3.05, 3.63) is 60.2 Å². The van der Waals surface area contributed by atoms with Crippen molar-refractivity contribution < 1.29 is 148 Å². The Kier molecular flexibility index (Phi) is 20.2. The fourth-order valence-corrected chi connectivity index (χ4v) is 12.7. The van der Waals surface area contributed by atoms with Crippen molar-refractivity contribution in [3.8, 4) is 0 Å². The number of nitrogens with one attached hydrogen (secondary N) is 1. The maximum Gasteiger partial charge on any atom is 0.220 e. The molecule has 12 bridgehead atoms. The molecule has 0 unspecified atom stereocenters. The van der Waals surface area contributed by atoms with E-state index < -0.39 is 230 Å². The molecule has 31 heteroatoms. The molecule has 4 aromatic rings. The van der Waals surface area contributed by atoms with E-state index in [1.807, 2.05) is 36.4 Å². The zero-order valence-corrected chi connectivity index (χ0v) is 46.3. The van der Waals surface area contributed by atoms with Crippen LogP contribution in [-0.4, -0.2) is 317 Å². The summed E-state index contributed by atoms with van der Waals surface area (Å²) in [6, 6.07) is 18.3. The minimum absolute atomic E-state index is 0.0448. The van der Waals surface area contributed by atoms with Crippen molar-refractivity contribution in [2.45, 2.75) is 203 Å². The summed E-state index contributed by atoms with van der Waals surface area (Å²) in [5.74, 6) is -0.524. The molecule has 87 heavy (non-hydrogen) atoms. The van der Waals surface area contributed by atoms with Crippen molar-refractivity contribution in [2.24, 2.45) is 0 Å². The van der Waals surface area contributed by atoms with Crippen LogP contribution < -0.4 is 5.32 Å². The van der Waals surface area contributed by atoms with Gasteiger partial charge in [-0.15, -0.1) is 0 Å². The molecule has 1 amide bonds. The first kappa shape index (κ1) is 64.7. The fraction of sp³-hybridized carbons (Fsp3) is 0.696. The van der Waals surface area contributed by atoms with Crippen LogP contribution in [-0.2, 0) is 68.1 Å². The van der Waals surface area contributed by atoms with Gasteiger partial charge in [0.05, 0.1) is 33.0 Å². The lowest BCUT2D eigenvalue weighted by atomic mass is 9.90. The smallest absolute Gasteiger partial charge is 0.220 e. The van der Waals surface area contributed by atoms with Crippen LogP contribution in [0.1, 0.15) is 18.4 Å². The van der Waals surface area contributed by atoms with Crippen LogP contribution in [0.25, 0.3) is 32.3 Å². The largest absolute Gasteiger partial charge is 0.394 e. The standard InChI is InChI=1S/C56H75NO30/c58-14-25-46-35(66)41(72)53(78-25)85-48-27(16-60)80-55(43(74)37(48)68)87-50-29(18-62)81-56(44(75)38(50)69)86-49-28(17-61)79-54(42(73)36(49)67)84-47-26(15-59)77-52(40(71)34(47)65)82-45-24(76-51(83-46)39(70)33(45)64)13-57-30(63)9-3-6-21-12-22-7-1-4-19-10-11-20-5-2-8-23(21)32(20)31(19)22/h1-2,4-5,7-8,10-12,24-29,33-56,58-62,64-75H,3,6,9,13-18H2,(H,57,63)/t24-,25-,26-,27-,28-,29-,33-,34-,35-,36-,37-,38-,39-,40-,41-,42-,43-,44-,45-,46-,47-,48-,49-,50-,51-,52-,53-,54-,55-,56-/m1/s1. The van der Waals surface area contributed by atoms with Gasteiger partial charge >= 0.3 is 0 Å². The molecule has 0 radical (unpaired) electrons. The Bertz CT molecular complexity index is 2900. The van der Waals surface area contributed by atoms with Gasteiger partial charge in [0.15, 0.2) is 37.7 Å². The van der Waals surface area contributed by atoms with Crippen LogP contribution in [0.2, 0.25) is 0 Å². The van der Waals surface area contributed by atoms with Gasteiger partial charge in [0.2, 0.25) is 5.91 Å². The SMILES string of the molecule is O=C(CCCc1cc2cccc3ccc4cccc1c4c32)NC[C@H]1O[C@@H]2O[C@H]3[C@H](O)[C@@H](O)[C@@H](O[C@H]4[C@H](O)[C@@H](O)[C@@H](O[C@H]5[C@H](O)[C@@H](O)[C@@H](O[C@H]6[C@H](O)[C@@H](O)[C@@H](O[C@H]7[C@H](O)[C@@H](O)[C@@H](O[C@H]1[C@H](O)[C@H]2O)O[C@@H]7CO)O[C@@H]6CO)O[C@@H]5CO)O[C@@H]4CO)O[C@@H]3CO. The summed E-state index contributed by atoms with van der Waals surface area (Å²) >= 11 is 0. The van der Waals surface area contributed by atoms with Gasteiger partial charge in [0.1, 0.15) is 146 Å². The lowest BCUT2D eigenvalue weighted by Gasteiger charge is -2.50. The number of aryl methyl sites for hydroxylation is 1. The van der Waals surface area contributed by atoms with Crippen LogP contribution in [0.4, 0.5) is 0 Å². The number of rotatable bonds is 11. The van der Waals surface area contributed by atoms with Crippen molar-refractivity contribution in [3.63, 3.8) is 0 Å².